The Kier molecular flexibility index (Phi) is 6.50. The first-order valence-electron chi connectivity index (χ1n) is 8.05. The average molecular weight is 323 g/mol. The first-order valence-corrected chi connectivity index (χ1v) is 8.05. The molecule has 1 aromatic rings. The van der Waals surface area contributed by atoms with Crippen molar-refractivity contribution in [3.05, 3.63) is 35.6 Å². The number of ether oxygens (including phenoxy) is 1. The minimum absolute atomic E-state index is 0.0452. The van der Waals surface area contributed by atoms with Crippen LogP contribution in [0, 0.1) is 5.82 Å². The van der Waals surface area contributed by atoms with Crippen molar-refractivity contribution >= 4 is 5.91 Å². The lowest BCUT2D eigenvalue weighted by atomic mass is 9.99. The summed E-state index contributed by atoms with van der Waals surface area (Å²) in [5.41, 5.74) is 6.71. The van der Waals surface area contributed by atoms with Gasteiger partial charge in [-0.1, -0.05) is 12.1 Å². The summed E-state index contributed by atoms with van der Waals surface area (Å²) in [7, 11) is 1.71. The first kappa shape index (κ1) is 17.8. The number of hydrogen-bond acceptors (Lipinski definition) is 4. The van der Waals surface area contributed by atoms with Crippen LogP contribution in [0.3, 0.4) is 0 Å². The molecule has 0 saturated carbocycles. The standard InChI is InChI=1S/C17H26FN3O2/c1-12(13-3-5-14(18)6-4-13)20-17(22)11-21-8-7-16(23-2)9-15(21)10-19/h3-6,12,15-16H,7-11,19H2,1-2H3,(H,20,22). The molecule has 3 unspecified atom stereocenters. The molecule has 1 saturated heterocycles. The molecule has 0 spiro atoms. The number of benzene rings is 1. The summed E-state index contributed by atoms with van der Waals surface area (Å²) >= 11 is 0. The molecule has 1 aliphatic rings. The smallest absolute Gasteiger partial charge is 0.234 e. The number of carbonyl (C=O) groups is 1. The average Bonchev–Trinajstić information content (AvgIpc) is 2.55. The van der Waals surface area contributed by atoms with Crippen molar-refractivity contribution in [2.75, 3.05) is 26.7 Å². The zero-order chi connectivity index (χ0) is 16.8. The highest BCUT2D eigenvalue weighted by atomic mass is 19.1. The van der Waals surface area contributed by atoms with Crippen LogP contribution in [0.15, 0.2) is 24.3 Å². The minimum atomic E-state index is -0.279. The Balaban J connectivity index is 1.87. The third kappa shape index (κ3) is 4.99. The molecule has 0 bridgehead atoms. The van der Waals surface area contributed by atoms with Gasteiger partial charge in [0, 0.05) is 26.2 Å². The molecule has 1 aromatic carbocycles. The van der Waals surface area contributed by atoms with Crippen LogP contribution in [-0.2, 0) is 9.53 Å². The van der Waals surface area contributed by atoms with Gasteiger partial charge in [0.1, 0.15) is 5.82 Å². The molecule has 0 radical (unpaired) electrons. The Morgan fingerprint density at radius 1 is 1.48 bits per heavy atom. The van der Waals surface area contributed by atoms with Gasteiger partial charge in [0.15, 0.2) is 0 Å². The summed E-state index contributed by atoms with van der Waals surface area (Å²) in [6.45, 7) is 3.53. The number of nitrogens with one attached hydrogen (secondary N) is 1. The van der Waals surface area contributed by atoms with Crippen LogP contribution >= 0.6 is 0 Å². The van der Waals surface area contributed by atoms with E-state index < -0.39 is 0 Å². The van der Waals surface area contributed by atoms with Gasteiger partial charge >= 0.3 is 0 Å². The van der Waals surface area contributed by atoms with Crippen molar-refractivity contribution in [3.63, 3.8) is 0 Å². The number of likely N-dealkylation sites (tertiary alicyclic amines) is 1. The van der Waals surface area contributed by atoms with Crippen LogP contribution in [0.1, 0.15) is 31.4 Å². The normalized spacial score (nSPS) is 23.5. The number of piperidine rings is 1. The fraction of sp³-hybridized carbons (Fsp3) is 0.588. The molecular formula is C17H26FN3O2. The van der Waals surface area contributed by atoms with Gasteiger partial charge in [-0.15, -0.1) is 0 Å². The second-order valence-electron chi connectivity index (χ2n) is 6.08. The van der Waals surface area contributed by atoms with Crippen LogP contribution in [0.2, 0.25) is 0 Å². The van der Waals surface area contributed by atoms with Crippen molar-refractivity contribution in [2.45, 2.75) is 38.0 Å². The van der Waals surface area contributed by atoms with Gasteiger partial charge in [-0.25, -0.2) is 4.39 Å². The molecule has 6 heteroatoms. The molecule has 23 heavy (non-hydrogen) atoms. The van der Waals surface area contributed by atoms with Gasteiger partial charge < -0.3 is 15.8 Å². The molecule has 0 aromatic heterocycles. The van der Waals surface area contributed by atoms with E-state index in [1.165, 1.54) is 12.1 Å². The lowest BCUT2D eigenvalue weighted by molar-refractivity contribution is -0.124. The van der Waals surface area contributed by atoms with E-state index in [4.69, 9.17) is 10.5 Å². The van der Waals surface area contributed by atoms with Gasteiger partial charge in [-0.2, -0.15) is 0 Å². The summed E-state index contributed by atoms with van der Waals surface area (Å²) in [4.78, 5) is 14.4. The number of nitrogens with zero attached hydrogens (tertiary/aromatic N) is 1. The van der Waals surface area contributed by atoms with Gasteiger partial charge in [0.25, 0.3) is 0 Å². The van der Waals surface area contributed by atoms with E-state index in [0.717, 1.165) is 24.9 Å². The van der Waals surface area contributed by atoms with Crippen molar-refractivity contribution in [1.82, 2.24) is 10.2 Å². The molecule has 2 rings (SSSR count). The molecule has 0 aliphatic carbocycles. The highest BCUT2D eigenvalue weighted by Gasteiger charge is 2.28. The Morgan fingerprint density at radius 2 is 2.17 bits per heavy atom. The molecular weight excluding hydrogens is 297 g/mol. The van der Waals surface area contributed by atoms with E-state index in [-0.39, 0.29) is 29.9 Å². The molecule has 5 nitrogen and oxygen atoms in total. The zero-order valence-electron chi connectivity index (χ0n) is 13.8. The largest absolute Gasteiger partial charge is 0.381 e. The van der Waals surface area contributed by atoms with Crippen LogP contribution in [0.4, 0.5) is 4.39 Å². The van der Waals surface area contributed by atoms with Crippen molar-refractivity contribution in [2.24, 2.45) is 5.73 Å². The number of rotatable bonds is 6. The fourth-order valence-electron chi connectivity index (χ4n) is 3.04. The number of halogens is 1. The predicted octanol–water partition coefficient (Wildman–Crippen LogP) is 1.44. The monoisotopic (exact) mass is 323 g/mol. The second-order valence-corrected chi connectivity index (χ2v) is 6.08. The van der Waals surface area contributed by atoms with Gasteiger partial charge in [0.2, 0.25) is 5.91 Å². The molecule has 3 N–H and O–H groups in total. The van der Waals surface area contributed by atoms with Crippen LogP contribution in [0.25, 0.3) is 0 Å². The second kappa shape index (κ2) is 8.38. The minimum Gasteiger partial charge on any atom is -0.381 e. The van der Waals surface area contributed by atoms with E-state index in [1.54, 1.807) is 19.2 Å². The topological polar surface area (TPSA) is 67.6 Å². The lowest BCUT2D eigenvalue weighted by Gasteiger charge is -2.38. The van der Waals surface area contributed by atoms with Crippen LogP contribution < -0.4 is 11.1 Å². The SMILES string of the molecule is COC1CCN(CC(=O)NC(C)c2ccc(F)cc2)C(CN)C1. The van der Waals surface area contributed by atoms with Crippen LogP contribution in [-0.4, -0.2) is 49.7 Å². The predicted molar refractivity (Wildman–Crippen MR) is 87.4 cm³/mol. The third-order valence-corrected chi connectivity index (χ3v) is 4.49. The lowest BCUT2D eigenvalue weighted by Crippen LogP contribution is -2.51. The summed E-state index contributed by atoms with van der Waals surface area (Å²) < 4.78 is 18.3. The number of hydrogen-bond donors (Lipinski definition) is 2. The van der Waals surface area contributed by atoms with Gasteiger partial charge in [-0.3, -0.25) is 9.69 Å². The molecule has 1 fully saturated rings. The maximum absolute atomic E-state index is 12.9. The van der Waals surface area contributed by atoms with E-state index in [9.17, 15) is 9.18 Å². The van der Waals surface area contributed by atoms with Crippen molar-refractivity contribution < 1.29 is 13.9 Å². The number of methoxy groups -OCH3 is 1. The van der Waals surface area contributed by atoms with Crippen molar-refractivity contribution in [3.8, 4) is 0 Å². The Labute approximate surface area is 137 Å². The van der Waals surface area contributed by atoms with Gasteiger partial charge in [0.05, 0.1) is 18.7 Å². The summed E-state index contributed by atoms with van der Waals surface area (Å²) in [6, 6.07) is 6.19. The molecule has 3 atom stereocenters. The molecule has 1 aliphatic heterocycles. The van der Waals surface area contributed by atoms with E-state index in [2.05, 4.69) is 10.2 Å². The number of nitrogens with two attached hydrogens (primary N) is 1. The summed E-state index contributed by atoms with van der Waals surface area (Å²) in [6.07, 6.45) is 1.99. The van der Waals surface area contributed by atoms with Crippen molar-refractivity contribution in [1.29, 1.82) is 0 Å². The van der Waals surface area contributed by atoms with Gasteiger partial charge in [-0.05, 0) is 37.5 Å². The fourth-order valence-corrected chi connectivity index (χ4v) is 3.04. The number of carbonyl (C=O) groups excluding carboxylic acids is 1. The Hall–Kier alpha value is -1.50. The maximum atomic E-state index is 12.9. The highest BCUT2D eigenvalue weighted by Crippen LogP contribution is 2.19. The number of amides is 1. The third-order valence-electron chi connectivity index (χ3n) is 4.49. The molecule has 1 heterocycles. The zero-order valence-corrected chi connectivity index (χ0v) is 13.8. The Bertz CT molecular complexity index is 509. The summed E-state index contributed by atoms with van der Waals surface area (Å²) in [5.74, 6) is -0.324. The highest BCUT2D eigenvalue weighted by molar-refractivity contribution is 5.78. The molecule has 1 amide bonds. The quantitative estimate of drug-likeness (QED) is 0.831. The van der Waals surface area contributed by atoms with Crippen LogP contribution in [0.5, 0.6) is 0 Å². The summed E-state index contributed by atoms with van der Waals surface area (Å²) in [5, 5.41) is 2.96. The first-order chi connectivity index (χ1) is 11.0. The van der Waals surface area contributed by atoms with E-state index in [0.29, 0.717) is 13.1 Å². The van der Waals surface area contributed by atoms with E-state index >= 15 is 0 Å². The maximum Gasteiger partial charge on any atom is 0.234 e. The Morgan fingerprint density at radius 3 is 2.78 bits per heavy atom. The molecule has 128 valence electrons. The van der Waals surface area contributed by atoms with E-state index in [1.807, 2.05) is 6.92 Å².